The van der Waals surface area contributed by atoms with Gasteiger partial charge in [-0.3, -0.25) is 14.3 Å². The van der Waals surface area contributed by atoms with Crippen molar-refractivity contribution in [1.82, 2.24) is 15.1 Å². The zero-order chi connectivity index (χ0) is 12.4. The number of primary amides is 1. The van der Waals surface area contributed by atoms with E-state index in [0.717, 1.165) is 6.42 Å². The first-order chi connectivity index (χ1) is 8.13. The molecule has 1 aliphatic rings. The summed E-state index contributed by atoms with van der Waals surface area (Å²) in [5.41, 5.74) is 5.30. The molecule has 2 rings (SSSR count). The fourth-order valence-corrected chi connectivity index (χ4v) is 1.72. The molecule has 1 radical (unpaired) electrons. The molecule has 1 aromatic heterocycles. The molecule has 1 aromatic rings. The summed E-state index contributed by atoms with van der Waals surface area (Å²) >= 11 is 0. The lowest BCUT2D eigenvalue weighted by Crippen LogP contribution is -2.24. The molecule has 1 saturated heterocycles. The Morgan fingerprint density at radius 1 is 1.65 bits per heavy atom. The van der Waals surface area contributed by atoms with Gasteiger partial charge in [0.25, 0.3) is 11.8 Å². The van der Waals surface area contributed by atoms with E-state index in [1.54, 1.807) is 0 Å². The summed E-state index contributed by atoms with van der Waals surface area (Å²) in [6, 6.07) is 2.57. The number of ether oxygens (including phenoxy) is 1. The van der Waals surface area contributed by atoms with Gasteiger partial charge in [-0.25, -0.2) is 0 Å². The van der Waals surface area contributed by atoms with Crippen LogP contribution in [0.25, 0.3) is 0 Å². The van der Waals surface area contributed by atoms with Crippen LogP contribution in [0.3, 0.4) is 0 Å². The highest BCUT2D eigenvalue weighted by Crippen LogP contribution is 2.20. The summed E-state index contributed by atoms with van der Waals surface area (Å²) in [6.07, 6.45) is 0.748. The molecule has 0 saturated carbocycles. The van der Waals surface area contributed by atoms with Crippen molar-refractivity contribution in [2.45, 2.75) is 12.5 Å². The predicted molar refractivity (Wildman–Crippen MR) is 57.4 cm³/mol. The predicted octanol–water partition coefficient (Wildman–Crippen LogP) is -0.897. The summed E-state index contributed by atoms with van der Waals surface area (Å²) in [7, 11) is 1.50. The van der Waals surface area contributed by atoms with Crippen LogP contribution < -0.4 is 11.1 Å². The third-order valence-electron chi connectivity index (χ3n) is 2.60. The van der Waals surface area contributed by atoms with Crippen LogP contribution in [-0.2, 0) is 4.74 Å². The maximum absolute atomic E-state index is 11.6. The molecular formula is C10H13N4O3. The third-order valence-corrected chi connectivity index (χ3v) is 2.60. The number of aromatic nitrogens is 2. The second-order valence-corrected chi connectivity index (χ2v) is 3.73. The molecule has 0 aromatic carbocycles. The van der Waals surface area contributed by atoms with Crippen LogP contribution in [0.15, 0.2) is 0 Å². The minimum Gasteiger partial charge on any atom is -0.379 e. The Bertz CT molecular complexity index is 448. The summed E-state index contributed by atoms with van der Waals surface area (Å²) in [5, 5.41) is 6.48. The first-order valence-corrected chi connectivity index (χ1v) is 5.25. The van der Waals surface area contributed by atoms with Gasteiger partial charge in [0.05, 0.1) is 18.7 Å². The van der Waals surface area contributed by atoms with Crippen molar-refractivity contribution in [3.05, 3.63) is 17.5 Å². The number of carbonyl (C=O) groups excluding carboxylic acids is 2. The summed E-state index contributed by atoms with van der Waals surface area (Å²) < 4.78 is 6.69. The quantitative estimate of drug-likeness (QED) is 0.711. The number of hydrogen-bond acceptors (Lipinski definition) is 4. The van der Waals surface area contributed by atoms with Crippen molar-refractivity contribution in [2.75, 3.05) is 20.3 Å². The number of carbonyl (C=O) groups is 2. The van der Waals surface area contributed by atoms with E-state index in [1.807, 2.05) is 0 Å². The lowest BCUT2D eigenvalue weighted by atomic mass is 10.2. The highest BCUT2D eigenvalue weighted by Gasteiger charge is 2.26. The highest BCUT2D eigenvalue weighted by molar-refractivity contribution is 5.96. The fourth-order valence-electron chi connectivity index (χ4n) is 1.72. The second kappa shape index (κ2) is 4.54. The lowest BCUT2D eigenvalue weighted by Gasteiger charge is -2.11. The maximum Gasteiger partial charge on any atom is 0.269 e. The van der Waals surface area contributed by atoms with Crippen LogP contribution in [0.4, 0.5) is 0 Å². The molecule has 7 heteroatoms. The SMILES string of the molecule is CNC(=O)c1[c]c(C(N)=O)nn1C1CCOC1. The number of nitrogens with zero attached hydrogens (tertiary/aromatic N) is 2. The number of nitrogens with one attached hydrogen (secondary N) is 1. The largest absolute Gasteiger partial charge is 0.379 e. The van der Waals surface area contributed by atoms with E-state index >= 15 is 0 Å². The monoisotopic (exact) mass is 237 g/mol. The number of hydrogen-bond donors (Lipinski definition) is 2. The summed E-state index contributed by atoms with van der Waals surface area (Å²) in [4.78, 5) is 22.7. The van der Waals surface area contributed by atoms with Gasteiger partial charge in [0.15, 0.2) is 5.69 Å². The van der Waals surface area contributed by atoms with E-state index in [9.17, 15) is 9.59 Å². The molecule has 1 aliphatic heterocycles. The van der Waals surface area contributed by atoms with Crippen LogP contribution in [0.5, 0.6) is 0 Å². The summed E-state index contributed by atoms with van der Waals surface area (Å²) in [5.74, 6) is -1.05. The Morgan fingerprint density at radius 3 is 2.94 bits per heavy atom. The van der Waals surface area contributed by atoms with Gasteiger partial charge >= 0.3 is 0 Å². The molecule has 1 atom stereocenters. The molecule has 0 aliphatic carbocycles. The number of rotatable bonds is 3. The van der Waals surface area contributed by atoms with Crippen LogP contribution >= 0.6 is 0 Å². The van der Waals surface area contributed by atoms with Crippen LogP contribution in [0.1, 0.15) is 33.4 Å². The Balaban J connectivity index is 2.39. The van der Waals surface area contributed by atoms with Crippen molar-refractivity contribution in [3.63, 3.8) is 0 Å². The molecule has 0 bridgehead atoms. The molecule has 91 valence electrons. The number of amides is 2. The number of nitrogens with two attached hydrogens (primary N) is 1. The average Bonchev–Trinajstić information content (AvgIpc) is 2.95. The first-order valence-electron chi connectivity index (χ1n) is 5.25. The van der Waals surface area contributed by atoms with Gasteiger partial charge < -0.3 is 15.8 Å². The van der Waals surface area contributed by atoms with Gasteiger partial charge in [-0.15, -0.1) is 0 Å². The van der Waals surface area contributed by atoms with Gasteiger partial charge in [0, 0.05) is 13.7 Å². The summed E-state index contributed by atoms with van der Waals surface area (Å²) in [6.45, 7) is 1.08. The van der Waals surface area contributed by atoms with Crippen molar-refractivity contribution in [1.29, 1.82) is 0 Å². The van der Waals surface area contributed by atoms with E-state index in [-0.39, 0.29) is 23.3 Å². The van der Waals surface area contributed by atoms with E-state index in [2.05, 4.69) is 16.5 Å². The van der Waals surface area contributed by atoms with Crippen molar-refractivity contribution in [3.8, 4) is 0 Å². The minimum absolute atomic E-state index is 0.0319. The topological polar surface area (TPSA) is 99.2 Å². The van der Waals surface area contributed by atoms with E-state index in [4.69, 9.17) is 10.5 Å². The van der Waals surface area contributed by atoms with Crippen LogP contribution in [0, 0.1) is 6.07 Å². The molecule has 3 N–H and O–H groups in total. The highest BCUT2D eigenvalue weighted by atomic mass is 16.5. The smallest absolute Gasteiger partial charge is 0.269 e. The van der Waals surface area contributed by atoms with Crippen molar-refractivity contribution in [2.24, 2.45) is 5.73 Å². The Morgan fingerprint density at radius 2 is 2.41 bits per heavy atom. The third kappa shape index (κ3) is 2.14. The zero-order valence-electron chi connectivity index (χ0n) is 9.40. The Kier molecular flexibility index (Phi) is 3.10. The Hall–Kier alpha value is -1.89. The van der Waals surface area contributed by atoms with Gasteiger partial charge in [-0.05, 0) is 6.42 Å². The minimum atomic E-state index is -0.701. The van der Waals surface area contributed by atoms with Gasteiger partial charge in [0.2, 0.25) is 0 Å². The van der Waals surface area contributed by atoms with Gasteiger partial charge in [0.1, 0.15) is 5.69 Å². The van der Waals surface area contributed by atoms with Crippen LogP contribution in [0.2, 0.25) is 0 Å². The molecule has 1 unspecified atom stereocenters. The fraction of sp³-hybridized carbons (Fsp3) is 0.500. The van der Waals surface area contributed by atoms with Gasteiger partial charge in [-0.1, -0.05) is 0 Å². The average molecular weight is 237 g/mol. The molecule has 0 spiro atoms. The molecule has 2 heterocycles. The molecular weight excluding hydrogens is 224 g/mol. The van der Waals surface area contributed by atoms with Crippen molar-refractivity contribution < 1.29 is 14.3 Å². The first kappa shape index (κ1) is 11.6. The molecule has 1 fully saturated rings. The normalized spacial score (nSPS) is 19.2. The van der Waals surface area contributed by atoms with E-state index < -0.39 is 5.91 Å². The lowest BCUT2D eigenvalue weighted by molar-refractivity contribution is 0.0946. The van der Waals surface area contributed by atoms with Crippen molar-refractivity contribution >= 4 is 11.8 Å². The molecule has 17 heavy (non-hydrogen) atoms. The maximum atomic E-state index is 11.6. The zero-order valence-corrected chi connectivity index (χ0v) is 9.40. The molecule has 7 nitrogen and oxygen atoms in total. The van der Waals surface area contributed by atoms with E-state index in [0.29, 0.717) is 13.2 Å². The van der Waals surface area contributed by atoms with Crippen LogP contribution in [-0.4, -0.2) is 41.9 Å². The van der Waals surface area contributed by atoms with Gasteiger partial charge in [-0.2, -0.15) is 5.10 Å². The molecule has 2 amide bonds. The second-order valence-electron chi connectivity index (χ2n) is 3.73. The standard InChI is InChI=1S/C10H13N4O3/c1-12-10(16)8-4-7(9(11)15)13-14(8)6-2-3-17-5-6/h6H,2-3,5H2,1H3,(H2,11,15)(H,12,16). The van der Waals surface area contributed by atoms with E-state index in [1.165, 1.54) is 11.7 Å². The Labute approximate surface area is 97.9 Å².